The van der Waals surface area contributed by atoms with E-state index in [1.807, 2.05) is 44.2 Å². The molecule has 9 nitrogen and oxygen atoms in total. The Morgan fingerprint density at radius 1 is 0.976 bits per heavy atom. The molecule has 4 rings (SSSR count). The zero-order chi connectivity index (χ0) is 29.7. The number of likely N-dealkylation sites (N-methyl/N-ethyl adjacent to an activating group) is 3. The molecule has 2 N–H and O–H groups in total. The van der Waals surface area contributed by atoms with Crippen molar-refractivity contribution in [3.8, 4) is 0 Å². The minimum atomic E-state index is -0.947. The smallest absolute Gasteiger partial charge is 0.307 e. The van der Waals surface area contributed by atoms with Gasteiger partial charge in [-0.15, -0.1) is 0 Å². The van der Waals surface area contributed by atoms with Gasteiger partial charge in [0.25, 0.3) is 0 Å². The number of hydrogen-bond donors (Lipinski definition) is 2. The maximum absolute atomic E-state index is 13.2. The summed E-state index contributed by atoms with van der Waals surface area (Å²) in [6, 6.07) is 19.5. The molecule has 0 aliphatic carbocycles. The molecule has 1 unspecified atom stereocenters. The predicted octanol–water partition coefficient (Wildman–Crippen LogP) is 4.28. The van der Waals surface area contributed by atoms with E-state index in [9.17, 15) is 19.5 Å². The Kier molecular flexibility index (Phi) is 9.54. The number of anilines is 2. The van der Waals surface area contributed by atoms with E-state index >= 15 is 0 Å². The molecule has 0 spiro atoms. The van der Waals surface area contributed by atoms with Crippen LogP contribution in [-0.2, 0) is 20.8 Å². The Balaban J connectivity index is 1.65. The van der Waals surface area contributed by atoms with Crippen molar-refractivity contribution in [1.29, 1.82) is 0 Å². The van der Waals surface area contributed by atoms with Gasteiger partial charge in [-0.3, -0.25) is 24.3 Å². The maximum atomic E-state index is 13.2. The lowest BCUT2D eigenvalue weighted by molar-refractivity contribution is -0.136. The molecule has 0 saturated heterocycles. The molecule has 214 valence electrons. The van der Waals surface area contributed by atoms with E-state index in [4.69, 9.17) is 16.6 Å². The first-order valence-corrected chi connectivity index (χ1v) is 13.6. The molecule has 0 fully saturated rings. The summed E-state index contributed by atoms with van der Waals surface area (Å²) >= 11 is 6.16. The maximum Gasteiger partial charge on any atom is 0.307 e. The summed E-state index contributed by atoms with van der Waals surface area (Å²) < 4.78 is 0. The van der Waals surface area contributed by atoms with Gasteiger partial charge in [0.2, 0.25) is 11.8 Å². The number of nitrogens with one attached hydrogen (secondary N) is 1. The Hall–Kier alpha value is -4.05. The molecule has 0 radical (unpaired) electrons. The van der Waals surface area contributed by atoms with Gasteiger partial charge >= 0.3 is 5.97 Å². The van der Waals surface area contributed by atoms with Crippen LogP contribution in [0.3, 0.4) is 0 Å². The Morgan fingerprint density at radius 2 is 1.71 bits per heavy atom. The molecule has 1 heterocycles. The van der Waals surface area contributed by atoms with Crippen LogP contribution in [-0.4, -0.2) is 86.2 Å². The second-order valence-corrected chi connectivity index (χ2v) is 10.9. The van der Waals surface area contributed by atoms with Gasteiger partial charge in [-0.2, -0.15) is 0 Å². The zero-order valence-corrected chi connectivity index (χ0v) is 24.4. The van der Waals surface area contributed by atoms with Crippen molar-refractivity contribution in [2.45, 2.75) is 12.3 Å². The summed E-state index contributed by atoms with van der Waals surface area (Å²) in [7, 11) is 7.66. The van der Waals surface area contributed by atoms with Crippen molar-refractivity contribution in [2.24, 2.45) is 4.99 Å². The number of amides is 2. The molecule has 1 aliphatic heterocycles. The van der Waals surface area contributed by atoms with Crippen molar-refractivity contribution >= 4 is 52.2 Å². The Labute approximate surface area is 245 Å². The van der Waals surface area contributed by atoms with E-state index in [-0.39, 0.29) is 18.2 Å². The fraction of sp³-hybridized carbons (Fsp3) is 0.290. The van der Waals surface area contributed by atoms with Crippen molar-refractivity contribution < 1.29 is 19.5 Å². The standard InChI is InChI=1S/C31H34ClN5O4/c1-35(2)14-15-36(3)19-27(38)37(4)24-11-9-23(10-12-24)33-30(21-7-5-6-20(16-21)17-28(39)40)29-25-13-8-22(32)18-26(25)34-31(29)41/h5-13,16,18,29H,14-15,17,19H2,1-4H3,(H,34,41)(H,39,40). The van der Waals surface area contributed by atoms with E-state index in [0.29, 0.717) is 39.8 Å². The SMILES string of the molecule is CN(C)CCN(C)CC(=O)N(C)c1ccc(N=C(c2cccc(CC(=O)O)c2)C2C(=O)Nc3cc(Cl)ccc32)cc1. The van der Waals surface area contributed by atoms with Crippen LogP contribution in [0.1, 0.15) is 22.6 Å². The summed E-state index contributed by atoms with van der Waals surface area (Å²) in [5.74, 6) is -1.94. The van der Waals surface area contributed by atoms with Gasteiger partial charge in [0.1, 0.15) is 5.92 Å². The molecule has 1 aliphatic rings. The van der Waals surface area contributed by atoms with Gasteiger partial charge in [0.15, 0.2) is 0 Å². The second-order valence-electron chi connectivity index (χ2n) is 10.4. The van der Waals surface area contributed by atoms with Gasteiger partial charge in [-0.25, -0.2) is 0 Å². The number of carbonyl (C=O) groups excluding carboxylic acids is 2. The van der Waals surface area contributed by atoms with E-state index in [0.717, 1.165) is 24.3 Å². The first-order valence-electron chi connectivity index (χ1n) is 13.2. The number of carboxylic acid groups (broad SMARTS) is 1. The third-order valence-corrected chi connectivity index (χ3v) is 7.13. The highest BCUT2D eigenvalue weighted by molar-refractivity contribution is 6.31. The molecule has 0 bridgehead atoms. The topological polar surface area (TPSA) is 106 Å². The lowest BCUT2D eigenvalue weighted by Gasteiger charge is -2.23. The summed E-state index contributed by atoms with van der Waals surface area (Å²) in [5.41, 5.74) is 4.39. The first kappa shape index (κ1) is 29.9. The van der Waals surface area contributed by atoms with Gasteiger partial charge < -0.3 is 20.2 Å². The molecule has 10 heteroatoms. The summed E-state index contributed by atoms with van der Waals surface area (Å²) in [6.45, 7) is 1.93. The number of fused-ring (bicyclic) bond motifs is 1. The number of carbonyl (C=O) groups is 3. The molecule has 41 heavy (non-hydrogen) atoms. The van der Waals surface area contributed by atoms with E-state index < -0.39 is 11.9 Å². The lowest BCUT2D eigenvalue weighted by Crippen LogP contribution is -2.39. The van der Waals surface area contributed by atoms with Crippen LogP contribution in [0.2, 0.25) is 5.02 Å². The van der Waals surface area contributed by atoms with Crippen LogP contribution in [0, 0.1) is 0 Å². The highest BCUT2D eigenvalue weighted by Gasteiger charge is 2.35. The molecule has 3 aromatic rings. The van der Waals surface area contributed by atoms with Gasteiger partial charge in [0.05, 0.1) is 24.4 Å². The van der Waals surface area contributed by atoms with Crippen molar-refractivity contribution in [3.63, 3.8) is 0 Å². The monoisotopic (exact) mass is 575 g/mol. The molecule has 1 atom stereocenters. The normalized spacial score (nSPS) is 14.8. The molecule has 0 aromatic heterocycles. The van der Waals surface area contributed by atoms with Crippen LogP contribution in [0.25, 0.3) is 0 Å². The summed E-state index contributed by atoms with van der Waals surface area (Å²) in [5, 5.41) is 12.7. The zero-order valence-electron chi connectivity index (χ0n) is 23.6. The van der Waals surface area contributed by atoms with Crippen LogP contribution < -0.4 is 10.2 Å². The number of hydrogen-bond acceptors (Lipinski definition) is 6. The minimum Gasteiger partial charge on any atom is -0.481 e. The van der Waals surface area contributed by atoms with Crippen LogP contribution in [0.5, 0.6) is 0 Å². The van der Waals surface area contributed by atoms with Crippen molar-refractivity contribution in [1.82, 2.24) is 9.80 Å². The average molecular weight is 576 g/mol. The number of benzene rings is 3. The Morgan fingerprint density at radius 3 is 2.39 bits per heavy atom. The summed E-state index contributed by atoms with van der Waals surface area (Å²) in [4.78, 5) is 48.0. The molecule has 3 aromatic carbocycles. The molecule has 2 amide bonds. The molecular weight excluding hydrogens is 542 g/mol. The fourth-order valence-corrected chi connectivity index (χ4v) is 4.81. The highest BCUT2D eigenvalue weighted by Crippen LogP contribution is 2.38. The number of aliphatic imine (C=N–C) groups is 1. The molecule has 0 saturated carbocycles. The fourth-order valence-electron chi connectivity index (χ4n) is 4.64. The molecular formula is C31H34ClN5O4. The van der Waals surface area contributed by atoms with Crippen molar-refractivity contribution in [3.05, 3.63) is 88.4 Å². The second kappa shape index (κ2) is 13.1. The number of aliphatic carboxylic acids is 1. The highest BCUT2D eigenvalue weighted by atomic mass is 35.5. The van der Waals surface area contributed by atoms with Gasteiger partial charge in [-0.05, 0) is 80.3 Å². The third-order valence-electron chi connectivity index (χ3n) is 6.89. The first-order chi connectivity index (χ1) is 19.5. The lowest BCUT2D eigenvalue weighted by atomic mass is 9.89. The Bertz CT molecular complexity index is 1470. The number of rotatable bonds is 11. The van der Waals surface area contributed by atoms with Crippen LogP contribution in [0.4, 0.5) is 17.1 Å². The minimum absolute atomic E-state index is 0.0312. The van der Waals surface area contributed by atoms with E-state index in [1.54, 1.807) is 60.5 Å². The van der Waals surface area contributed by atoms with Crippen molar-refractivity contribution in [2.75, 3.05) is 58.0 Å². The largest absolute Gasteiger partial charge is 0.481 e. The van der Waals surface area contributed by atoms with Crippen LogP contribution >= 0.6 is 11.6 Å². The number of carboxylic acids is 1. The number of halogens is 1. The van der Waals surface area contributed by atoms with Gasteiger partial charge in [-0.1, -0.05) is 35.9 Å². The van der Waals surface area contributed by atoms with E-state index in [2.05, 4.69) is 10.2 Å². The number of nitrogens with zero attached hydrogens (tertiary/aromatic N) is 4. The van der Waals surface area contributed by atoms with E-state index in [1.165, 1.54) is 0 Å². The quantitative estimate of drug-likeness (QED) is 0.331. The van der Waals surface area contributed by atoms with Gasteiger partial charge in [0, 0.05) is 36.5 Å². The predicted molar refractivity (Wildman–Crippen MR) is 163 cm³/mol. The average Bonchev–Trinajstić information content (AvgIpc) is 3.24. The summed E-state index contributed by atoms with van der Waals surface area (Å²) in [6.07, 6.45) is -0.149. The third kappa shape index (κ3) is 7.58. The van der Waals surface area contributed by atoms with Crippen LogP contribution in [0.15, 0.2) is 71.7 Å².